The monoisotopic (exact) mass is 362 g/mol. The standard InChI is InChI=1S/C18H18O8/c19-11(20)9-10(12(21)22)16-6-18(16,14(25)26)17(13(23)24)5-3-8(16)7-2-1-4-15(7,9)17/h9-10H,1-6H2,(H,19,20)(H,21,22)(H,23,24)(H,25,26)/t9-,10+,15+,16-,17-,18+/m0/s1. The molecule has 6 atom stereocenters. The predicted molar refractivity (Wildman–Crippen MR) is 82.0 cm³/mol. The number of carboxylic acids is 4. The molecule has 0 aromatic heterocycles. The first-order valence-corrected chi connectivity index (χ1v) is 8.82. The lowest BCUT2D eigenvalue weighted by Crippen LogP contribution is -2.73. The number of allylic oxidation sites excluding steroid dienone is 2. The fourth-order valence-electron chi connectivity index (χ4n) is 8.23. The third-order valence-electron chi connectivity index (χ3n) is 8.52. The third kappa shape index (κ3) is 1.05. The van der Waals surface area contributed by atoms with Crippen molar-refractivity contribution in [3.63, 3.8) is 0 Å². The Morgan fingerprint density at radius 2 is 1.27 bits per heavy atom. The molecule has 4 fully saturated rings. The lowest BCUT2D eigenvalue weighted by atomic mass is 9.32. The highest BCUT2D eigenvalue weighted by Crippen LogP contribution is 2.95. The van der Waals surface area contributed by atoms with Gasteiger partial charge in [0.05, 0.1) is 22.7 Å². The fourth-order valence-corrected chi connectivity index (χ4v) is 8.23. The highest BCUT2D eigenvalue weighted by molar-refractivity contribution is 6.00. The number of aliphatic carboxylic acids is 4. The minimum Gasteiger partial charge on any atom is -0.481 e. The molecule has 0 saturated heterocycles. The molecule has 8 heteroatoms. The van der Waals surface area contributed by atoms with E-state index in [1.807, 2.05) is 0 Å². The molecule has 138 valence electrons. The van der Waals surface area contributed by atoms with Crippen LogP contribution in [0.5, 0.6) is 0 Å². The lowest BCUT2D eigenvalue weighted by Gasteiger charge is -2.67. The maximum atomic E-state index is 12.6. The van der Waals surface area contributed by atoms with Crippen molar-refractivity contribution in [3.05, 3.63) is 11.1 Å². The first-order chi connectivity index (χ1) is 12.2. The third-order valence-corrected chi connectivity index (χ3v) is 8.52. The molecule has 4 saturated carbocycles. The molecule has 4 bridgehead atoms. The van der Waals surface area contributed by atoms with E-state index < -0.39 is 57.4 Å². The molecule has 0 amide bonds. The van der Waals surface area contributed by atoms with Gasteiger partial charge in [-0.15, -0.1) is 0 Å². The normalized spacial score (nSPS) is 49.5. The summed E-state index contributed by atoms with van der Waals surface area (Å²) >= 11 is 0. The number of carboxylic acid groups (broad SMARTS) is 4. The Labute approximate surface area is 147 Å². The minimum atomic E-state index is -1.74. The molecule has 0 aromatic carbocycles. The van der Waals surface area contributed by atoms with Crippen LogP contribution in [0, 0.1) is 33.5 Å². The molecule has 7 rings (SSSR count). The summed E-state index contributed by atoms with van der Waals surface area (Å²) in [5.74, 6) is -8.02. The molecule has 0 unspecified atom stereocenters. The Balaban J connectivity index is 1.97. The fraction of sp³-hybridized carbons (Fsp3) is 0.667. The van der Waals surface area contributed by atoms with Crippen LogP contribution in [0.15, 0.2) is 11.1 Å². The van der Waals surface area contributed by atoms with Crippen LogP contribution in [0.3, 0.4) is 0 Å². The lowest BCUT2D eigenvalue weighted by molar-refractivity contribution is -0.220. The number of rotatable bonds is 4. The number of hydrogen-bond acceptors (Lipinski definition) is 4. The largest absolute Gasteiger partial charge is 0.481 e. The van der Waals surface area contributed by atoms with Gasteiger partial charge < -0.3 is 20.4 Å². The minimum absolute atomic E-state index is 0.0747. The van der Waals surface area contributed by atoms with Crippen LogP contribution >= 0.6 is 0 Å². The number of hydrogen-bond donors (Lipinski definition) is 4. The van der Waals surface area contributed by atoms with Crippen molar-refractivity contribution in [1.82, 2.24) is 0 Å². The topological polar surface area (TPSA) is 149 Å². The van der Waals surface area contributed by atoms with E-state index in [1.54, 1.807) is 0 Å². The van der Waals surface area contributed by atoms with Crippen LogP contribution < -0.4 is 0 Å². The molecule has 4 N–H and O–H groups in total. The van der Waals surface area contributed by atoms with Gasteiger partial charge >= 0.3 is 23.9 Å². The molecule has 8 nitrogen and oxygen atoms in total. The molecule has 0 aromatic rings. The van der Waals surface area contributed by atoms with Crippen LogP contribution in [-0.2, 0) is 19.2 Å². The van der Waals surface area contributed by atoms with Crippen molar-refractivity contribution in [3.8, 4) is 0 Å². The van der Waals surface area contributed by atoms with E-state index in [4.69, 9.17) is 0 Å². The van der Waals surface area contributed by atoms with E-state index in [0.29, 0.717) is 19.3 Å². The van der Waals surface area contributed by atoms with Gasteiger partial charge in [0.2, 0.25) is 0 Å². The zero-order valence-corrected chi connectivity index (χ0v) is 13.8. The van der Waals surface area contributed by atoms with E-state index in [1.165, 1.54) is 0 Å². The summed E-state index contributed by atoms with van der Waals surface area (Å²) in [5, 5.41) is 40.3. The maximum absolute atomic E-state index is 12.6. The second-order valence-corrected chi connectivity index (χ2v) is 8.48. The van der Waals surface area contributed by atoms with E-state index in [-0.39, 0.29) is 19.3 Å². The Kier molecular flexibility index (Phi) is 2.42. The quantitative estimate of drug-likeness (QED) is 0.545. The van der Waals surface area contributed by atoms with Crippen LogP contribution in [0.2, 0.25) is 0 Å². The molecule has 26 heavy (non-hydrogen) atoms. The number of carbonyl (C=O) groups is 4. The molecule has 0 heterocycles. The van der Waals surface area contributed by atoms with Gasteiger partial charge in [-0.1, -0.05) is 11.1 Å². The Morgan fingerprint density at radius 1 is 0.731 bits per heavy atom. The highest BCUT2D eigenvalue weighted by atomic mass is 16.4. The molecule has 7 aliphatic rings. The van der Waals surface area contributed by atoms with Crippen LogP contribution in [0.25, 0.3) is 0 Å². The van der Waals surface area contributed by atoms with Gasteiger partial charge in [0.1, 0.15) is 0 Å². The van der Waals surface area contributed by atoms with Gasteiger partial charge in [0.15, 0.2) is 0 Å². The van der Waals surface area contributed by atoms with E-state index in [9.17, 15) is 39.6 Å². The molecular formula is C18H18O8. The van der Waals surface area contributed by atoms with Gasteiger partial charge in [-0.3, -0.25) is 19.2 Å². The molecule has 7 aliphatic carbocycles. The molecule has 0 aliphatic heterocycles. The number of fused-ring (bicyclic) bond motifs is 2. The van der Waals surface area contributed by atoms with E-state index in [0.717, 1.165) is 11.1 Å². The van der Waals surface area contributed by atoms with Crippen molar-refractivity contribution < 1.29 is 39.6 Å². The second-order valence-electron chi connectivity index (χ2n) is 8.48. The predicted octanol–water partition coefficient (Wildman–Crippen LogP) is 1.21. The van der Waals surface area contributed by atoms with Crippen molar-refractivity contribution in [2.45, 2.75) is 38.5 Å². The van der Waals surface area contributed by atoms with Crippen LogP contribution in [0.1, 0.15) is 38.5 Å². The van der Waals surface area contributed by atoms with Crippen molar-refractivity contribution in [2.24, 2.45) is 33.5 Å². The first-order valence-electron chi connectivity index (χ1n) is 8.82. The first kappa shape index (κ1) is 15.8. The highest BCUT2D eigenvalue weighted by Gasteiger charge is 2.99. The maximum Gasteiger partial charge on any atom is 0.311 e. The zero-order chi connectivity index (χ0) is 18.9. The summed E-state index contributed by atoms with van der Waals surface area (Å²) in [5.41, 5.74) is -4.71. The Hall–Kier alpha value is -2.38. The van der Waals surface area contributed by atoms with Crippen molar-refractivity contribution in [2.75, 3.05) is 0 Å². The SMILES string of the molecule is O=C(O)[C@@H]1[C@H](C(=O)O)[C@@]23C[C@]2(C(=O)O)[C@]2(C(=O)O)CCC3=C3CCC[C@@]312. The average molecular weight is 362 g/mol. The van der Waals surface area contributed by atoms with Gasteiger partial charge in [0, 0.05) is 10.8 Å². The summed E-state index contributed by atoms with van der Waals surface area (Å²) in [6.07, 6.45) is 1.68. The Bertz CT molecular complexity index is 872. The molecule has 2 spiro atoms. The van der Waals surface area contributed by atoms with Gasteiger partial charge in [-0.2, -0.15) is 0 Å². The molecule has 0 radical (unpaired) electrons. The van der Waals surface area contributed by atoms with Crippen LogP contribution in [-0.4, -0.2) is 44.3 Å². The Morgan fingerprint density at radius 3 is 1.81 bits per heavy atom. The second kappa shape index (κ2) is 3.97. The molecular weight excluding hydrogens is 344 g/mol. The van der Waals surface area contributed by atoms with E-state index in [2.05, 4.69) is 0 Å². The van der Waals surface area contributed by atoms with Gasteiger partial charge in [0.25, 0.3) is 0 Å². The summed E-state index contributed by atoms with van der Waals surface area (Å²) in [4.78, 5) is 49.4. The van der Waals surface area contributed by atoms with Crippen molar-refractivity contribution >= 4 is 23.9 Å². The van der Waals surface area contributed by atoms with Crippen LogP contribution in [0.4, 0.5) is 0 Å². The smallest absolute Gasteiger partial charge is 0.311 e. The zero-order valence-electron chi connectivity index (χ0n) is 13.8. The summed E-state index contributed by atoms with van der Waals surface area (Å²) in [6.45, 7) is 0. The van der Waals surface area contributed by atoms with Gasteiger partial charge in [-0.25, -0.2) is 0 Å². The van der Waals surface area contributed by atoms with Gasteiger partial charge in [-0.05, 0) is 38.5 Å². The van der Waals surface area contributed by atoms with E-state index >= 15 is 0 Å². The van der Waals surface area contributed by atoms with Crippen molar-refractivity contribution in [1.29, 1.82) is 0 Å². The summed E-state index contributed by atoms with van der Waals surface area (Å²) < 4.78 is 0. The average Bonchev–Trinajstić information content (AvgIpc) is 3.10. The summed E-state index contributed by atoms with van der Waals surface area (Å²) in [6, 6.07) is 0. The summed E-state index contributed by atoms with van der Waals surface area (Å²) in [7, 11) is 0.